The van der Waals surface area contributed by atoms with E-state index in [1.807, 2.05) is 32.0 Å². The van der Waals surface area contributed by atoms with Crippen LogP contribution in [0, 0.1) is 13.8 Å². The zero-order valence-corrected chi connectivity index (χ0v) is 12.3. The van der Waals surface area contributed by atoms with Crippen LogP contribution in [0.2, 0.25) is 0 Å². The van der Waals surface area contributed by atoms with Crippen molar-refractivity contribution in [2.75, 3.05) is 12.1 Å². The van der Waals surface area contributed by atoms with Gasteiger partial charge in [-0.3, -0.25) is 0 Å². The first kappa shape index (κ1) is 12.9. The van der Waals surface area contributed by atoms with Crippen LogP contribution in [-0.2, 0) is 6.54 Å². The molecule has 4 rings (SSSR count). The van der Waals surface area contributed by atoms with Crippen LogP contribution in [0.25, 0.3) is 5.78 Å². The van der Waals surface area contributed by atoms with Crippen LogP contribution in [-0.4, -0.2) is 26.4 Å². The summed E-state index contributed by atoms with van der Waals surface area (Å²) in [7, 11) is 0. The summed E-state index contributed by atoms with van der Waals surface area (Å²) in [5.74, 6) is 3.07. The summed E-state index contributed by atoms with van der Waals surface area (Å²) in [6.07, 6.45) is 1.51. The van der Waals surface area contributed by atoms with Gasteiger partial charge in [-0.25, -0.2) is 4.98 Å². The molecule has 7 heteroatoms. The molecule has 22 heavy (non-hydrogen) atoms. The number of ether oxygens (including phenoxy) is 2. The average Bonchev–Trinajstić information content (AvgIpc) is 3.15. The number of rotatable bonds is 3. The molecule has 1 aromatic carbocycles. The van der Waals surface area contributed by atoms with Gasteiger partial charge in [0.05, 0.1) is 0 Å². The zero-order valence-electron chi connectivity index (χ0n) is 12.3. The lowest BCUT2D eigenvalue weighted by molar-refractivity contribution is 0.174. The monoisotopic (exact) mass is 297 g/mol. The molecule has 0 saturated heterocycles. The highest BCUT2D eigenvalue weighted by atomic mass is 16.7. The predicted molar refractivity (Wildman–Crippen MR) is 80.1 cm³/mol. The van der Waals surface area contributed by atoms with E-state index in [0.29, 0.717) is 12.3 Å². The third-order valence-corrected chi connectivity index (χ3v) is 3.80. The fraction of sp³-hybridized carbons (Fsp3) is 0.267. The molecule has 3 aromatic rings. The molecule has 0 unspecified atom stereocenters. The molecule has 112 valence electrons. The molecule has 0 bridgehead atoms. The Labute approximate surface area is 126 Å². The molecule has 0 saturated carbocycles. The molecule has 1 aliphatic heterocycles. The number of fused-ring (bicyclic) bond motifs is 2. The predicted octanol–water partition coefficient (Wildman–Crippen LogP) is 2.08. The van der Waals surface area contributed by atoms with Crippen LogP contribution in [0.1, 0.15) is 16.8 Å². The Morgan fingerprint density at radius 2 is 2.09 bits per heavy atom. The van der Waals surface area contributed by atoms with Gasteiger partial charge in [-0.05, 0) is 31.5 Å². The van der Waals surface area contributed by atoms with Gasteiger partial charge in [-0.2, -0.15) is 14.6 Å². The molecule has 7 nitrogen and oxygen atoms in total. The van der Waals surface area contributed by atoms with Crippen LogP contribution in [0.4, 0.5) is 5.82 Å². The smallest absolute Gasteiger partial charge is 0.254 e. The first-order valence-electron chi connectivity index (χ1n) is 7.02. The van der Waals surface area contributed by atoms with Gasteiger partial charge in [0.25, 0.3) is 5.78 Å². The first-order chi connectivity index (χ1) is 10.7. The molecule has 0 spiro atoms. The molecule has 0 fully saturated rings. The molecule has 3 heterocycles. The SMILES string of the molecule is Cc1nc2ncnn2c(NCc2ccc3c(c2)OCO3)c1C. The highest BCUT2D eigenvalue weighted by molar-refractivity contribution is 5.52. The van der Waals surface area contributed by atoms with E-state index >= 15 is 0 Å². The van der Waals surface area contributed by atoms with Crippen LogP contribution in [0.3, 0.4) is 0 Å². The number of aryl methyl sites for hydroxylation is 1. The van der Waals surface area contributed by atoms with E-state index in [9.17, 15) is 0 Å². The van der Waals surface area contributed by atoms with Gasteiger partial charge in [0.2, 0.25) is 6.79 Å². The molecular weight excluding hydrogens is 282 g/mol. The zero-order chi connectivity index (χ0) is 15.1. The molecule has 0 aliphatic carbocycles. The van der Waals surface area contributed by atoms with E-state index in [1.165, 1.54) is 6.33 Å². The fourth-order valence-corrected chi connectivity index (χ4v) is 2.48. The van der Waals surface area contributed by atoms with Gasteiger partial charge in [0.1, 0.15) is 12.1 Å². The second kappa shape index (κ2) is 4.87. The Morgan fingerprint density at radius 1 is 1.23 bits per heavy atom. The van der Waals surface area contributed by atoms with Crippen LogP contribution in [0.15, 0.2) is 24.5 Å². The van der Waals surface area contributed by atoms with Crippen molar-refractivity contribution in [2.24, 2.45) is 0 Å². The number of nitrogens with one attached hydrogen (secondary N) is 1. The van der Waals surface area contributed by atoms with Crippen molar-refractivity contribution in [3.05, 3.63) is 41.3 Å². The Morgan fingerprint density at radius 3 is 3.00 bits per heavy atom. The first-order valence-corrected chi connectivity index (χ1v) is 7.02. The maximum absolute atomic E-state index is 5.40. The van der Waals surface area contributed by atoms with Crippen LogP contribution < -0.4 is 14.8 Å². The van der Waals surface area contributed by atoms with Gasteiger partial charge in [-0.1, -0.05) is 6.07 Å². The third-order valence-electron chi connectivity index (χ3n) is 3.80. The number of nitrogens with zero attached hydrogens (tertiary/aromatic N) is 4. The molecule has 0 atom stereocenters. The second-order valence-electron chi connectivity index (χ2n) is 5.18. The Balaban J connectivity index is 1.64. The van der Waals surface area contributed by atoms with Crippen LogP contribution in [0.5, 0.6) is 11.5 Å². The van der Waals surface area contributed by atoms with Crippen molar-refractivity contribution >= 4 is 11.6 Å². The number of aromatic nitrogens is 4. The summed E-state index contributed by atoms with van der Waals surface area (Å²) in [6, 6.07) is 5.93. The molecule has 1 aliphatic rings. The van der Waals surface area contributed by atoms with E-state index in [0.717, 1.165) is 34.1 Å². The molecular formula is C15H15N5O2. The third kappa shape index (κ3) is 2.02. The Hall–Kier alpha value is -2.83. The minimum atomic E-state index is 0.286. The van der Waals surface area contributed by atoms with E-state index < -0.39 is 0 Å². The Bertz CT molecular complexity index is 859. The molecule has 2 aromatic heterocycles. The summed E-state index contributed by atoms with van der Waals surface area (Å²) in [5, 5.41) is 7.64. The van der Waals surface area contributed by atoms with Gasteiger partial charge in [0, 0.05) is 17.8 Å². The van der Waals surface area contributed by atoms with Gasteiger partial charge in [-0.15, -0.1) is 0 Å². The lowest BCUT2D eigenvalue weighted by Crippen LogP contribution is -2.09. The summed E-state index contributed by atoms with van der Waals surface area (Å²) in [4.78, 5) is 8.56. The van der Waals surface area contributed by atoms with Crippen molar-refractivity contribution < 1.29 is 9.47 Å². The summed E-state index contributed by atoms with van der Waals surface area (Å²) >= 11 is 0. The van der Waals surface area contributed by atoms with Gasteiger partial charge >= 0.3 is 0 Å². The van der Waals surface area contributed by atoms with Gasteiger partial charge < -0.3 is 14.8 Å². The van der Waals surface area contributed by atoms with Crippen molar-refractivity contribution in [3.63, 3.8) is 0 Å². The molecule has 1 N–H and O–H groups in total. The van der Waals surface area contributed by atoms with E-state index in [2.05, 4.69) is 20.4 Å². The highest BCUT2D eigenvalue weighted by Gasteiger charge is 2.14. The summed E-state index contributed by atoms with van der Waals surface area (Å²) in [5.41, 5.74) is 3.10. The second-order valence-corrected chi connectivity index (χ2v) is 5.18. The molecule has 0 amide bonds. The quantitative estimate of drug-likeness (QED) is 0.798. The minimum Gasteiger partial charge on any atom is -0.454 e. The summed E-state index contributed by atoms with van der Waals surface area (Å²) < 4.78 is 12.4. The average molecular weight is 297 g/mol. The Kier molecular flexibility index (Phi) is 2.85. The number of benzene rings is 1. The maximum atomic E-state index is 5.40. The lowest BCUT2D eigenvalue weighted by Gasteiger charge is -2.12. The summed E-state index contributed by atoms with van der Waals surface area (Å²) in [6.45, 7) is 4.92. The van der Waals surface area contributed by atoms with Crippen molar-refractivity contribution in [2.45, 2.75) is 20.4 Å². The standard InChI is InChI=1S/C15H15N5O2/c1-9-10(2)19-15-17-7-18-20(15)14(9)16-6-11-3-4-12-13(5-11)22-8-21-12/h3-5,7,16H,6,8H2,1-2H3. The molecule has 0 radical (unpaired) electrons. The highest BCUT2D eigenvalue weighted by Crippen LogP contribution is 2.32. The number of hydrogen-bond donors (Lipinski definition) is 1. The number of anilines is 1. The van der Waals surface area contributed by atoms with E-state index in [-0.39, 0.29) is 6.79 Å². The lowest BCUT2D eigenvalue weighted by atomic mass is 10.2. The maximum Gasteiger partial charge on any atom is 0.254 e. The van der Waals surface area contributed by atoms with E-state index in [1.54, 1.807) is 4.52 Å². The number of hydrogen-bond acceptors (Lipinski definition) is 6. The fourth-order valence-electron chi connectivity index (χ4n) is 2.48. The van der Waals surface area contributed by atoms with Crippen molar-refractivity contribution in [1.29, 1.82) is 0 Å². The minimum absolute atomic E-state index is 0.286. The normalized spacial score (nSPS) is 12.8. The van der Waals surface area contributed by atoms with E-state index in [4.69, 9.17) is 9.47 Å². The van der Waals surface area contributed by atoms with Crippen molar-refractivity contribution in [3.8, 4) is 11.5 Å². The largest absolute Gasteiger partial charge is 0.454 e. The van der Waals surface area contributed by atoms with Crippen LogP contribution >= 0.6 is 0 Å². The van der Waals surface area contributed by atoms with Gasteiger partial charge in [0.15, 0.2) is 11.5 Å². The topological polar surface area (TPSA) is 73.6 Å². The van der Waals surface area contributed by atoms with Crippen molar-refractivity contribution in [1.82, 2.24) is 19.6 Å².